The van der Waals surface area contributed by atoms with Crippen molar-refractivity contribution in [2.75, 3.05) is 18.0 Å². The molecule has 6 heteroatoms. The van der Waals surface area contributed by atoms with E-state index in [1.54, 1.807) is 12.1 Å². The molecular formula is C14H18N2O4. The number of aliphatic carboxylic acids is 1. The summed E-state index contributed by atoms with van der Waals surface area (Å²) >= 11 is 0. The van der Waals surface area contributed by atoms with Crippen LogP contribution in [-0.2, 0) is 4.79 Å². The smallest absolute Gasteiger partial charge is 0.311 e. The van der Waals surface area contributed by atoms with E-state index in [1.807, 2.05) is 18.7 Å². The number of rotatable bonds is 4. The first-order valence-electron chi connectivity index (χ1n) is 6.59. The van der Waals surface area contributed by atoms with E-state index in [0.717, 1.165) is 5.69 Å². The highest BCUT2D eigenvalue weighted by atomic mass is 16.6. The molecule has 0 spiro atoms. The van der Waals surface area contributed by atoms with E-state index in [4.69, 9.17) is 0 Å². The van der Waals surface area contributed by atoms with Gasteiger partial charge in [0.05, 0.1) is 10.3 Å². The minimum absolute atomic E-state index is 0.0429. The number of hydrogen-bond acceptors (Lipinski definition) is 4. The lowest BCUT2D eigenvalue weighted by Gasteiger charge is -2.29. The quantitative estimate of drug-likeness (QED) is 0.676. The van der Waals surface area contributed by atoms with Crippen LogP contribution in [-0.4, -0.2) is 29.1 Å². The predicted molar refractivity (Wildman–Crippen MR) is 74.8 cm³/mol. The van der Waals surface area contributed by atoms with E-state index in [0.29, 0.717) is 19.5 Å². The number of non-ortho nitro benzene ring substituents is 1. The summed E-state index contributed by atoms with van der Waals surface area (Å²) < 4.78 is 0. The maximum absolute atomic E-state index is 11.6. The van der Waals surface area contributed by atoms with Gasteiger partial charge in [0.2, 0.25) is 0 Å². The maximum atomic E-state index is 11.6. The van der Waals surface area contributed by atoms with E-state index in [2.05, 4.69) is 0 Å². The molecular weight excluding hydrogens is 260 g/mol. The highest BCUT2D eigenvalue weighted by molar-refractivity contribution is 5.77. The molecule has 1 N–H and O–H groups in total. The van der Waals surface area contributed by atoms with Gasteiger partial charge in [0.25, 0.3) is 5.69 Å². The Balaban J connectivity index is 2.20. The van der Waals surface area contributed by atoms with Crippen molar-refractivity contribution in [1.29, 1.82) is 0 Å². The molecule has 2 rings (SSSR count). The zero-order chi connectivity index (χ0) is 14.9. The summed E-state index contributed by atoms with van der Waals surface area (Å²) in [6, 6.07) is 6.25. The molecule has 1 aliphatic rings. The molecule has 1 heterocycles. The minimum Gasteiger partial charge on any atom is -0.481 e. The van der Waals surface area contributed by atoms with Gasteiger partial charge in [-0.15, -0.1) is 0 Å². The van der Waals surface area contributed by atoms with Crippen molar-refractivity contribution in [3.63, 3.8) is 0 Å². The summed E-state index contributed by atoms with van der Waals surface area (Å²) in [5, 5.41) is 20.1. The van der Waals surface area contributed by atoms with Crippen LogP contribution in [0, 0.1) is 21.4 Å². The third-order valence-electron chi connectivity index (χ3n) is 4.26. The van der Waals surface area contributed by atoms with Crippen LogP contribution >= 0.6 is 0 Å². The minimum atomic E-state index is -0.767. The van der Waals surface area contributed by atoms with E-state index >= 15 is 0 Å². The molecule has 1 saturated heterocycles. The van der Waals surface area contributed by atoms with Crippen LogP contribution in [0.15, 0.2) is 24.3 Å². The van der Waals surface area contributed by atoms with Gasteiger partial charge in [-0.3, -0.25) is 14.9 Å². The lowest BCUT2D eigenvalue weighted by molar-refractivity contribution is -0.384. The lowest BCUT2D eigenvalue weighted by atomic mass is 9.76. The molecule has 1 aromatic rings. The fourth-order valence-electron chi connectivity index (χ4n) is 2.73. The summed E-state index contributed by atoms with van der Waals surface area (Å²) in [6.45, 7) is 4.95. The molecule has 20 heavy (non-hydrogen) atoms. The van der Waals surface area contributed by atoms with E-state index in [-0.39, 0.29) is 11.6 Å². The summed E-state index contributed by atoms with van der Waals surface area (Å²) in [5.74, 6) is -0.722. The van der Waals surface area contributed by atoms with E-state index < -0.39 is 16.3 Å². The third-order valence-corrected chi connectivity index (χ3v) is 4.26. The maximum Gasteiger partial charge on any atom is 0.311 e. The van der Waals surface area contributed by atoms with E-state index in [9.17, 15) is 20.0 Å². The van der Waals surface area contributed by atoms with Gasteiger partial charge in [0, 0.05) is 30.9 Å². The molecule has 1 fully saturated rings. The van der Waals surface area contributed by atoms with Crippen molar-refractivity contribution in [3.05, 3.63) is 34.4 Å². The molecule has 0 bridgehead atoms. The van der Waals surface area contributed by atoms with Crippen molar-refractivity contribution < 1.29 is 14.8 Å². The van der Waals surface area contributed by atoms with Crippen molar-refractivity contribution in [2.24, 2.45) is 11.3 Å². The first-order valence-corrected chi connectivity index (χ1v) is 6.59. The zero-order valence-electron chi connectivity index (χ0n) is 11.6. The SMILES string of the molecule is CC(C)C1(C(=O)O)CCN(c2ccc([N+](=O)[O-])cc2)C1. The zero-order valence-corrected chi connectivity index (χ0v) is 11.6. The van der Waals surface area contributed by atoms with Crippen LogP contribution in [0.1, 0.15) is 20.3 Å². The van der Waals surface area contributed by atoms with Crippen LogP contribution in [0.2, 0.25) is 0 Å². The Morgan fingerprint density at radius 2 is 2.00 bits per heavy atom. The highest BCUT2D eigenvalue weighted by Crippen LogP contribution is 2.40. The number of carboxylic acids is 1. The van der Waals surface area contributed by atoms with Gasteiger partial charge in [-0.2, -0.15) is 0 Å². The monoisotopic (exact) mass is 278 g/mol. The molecule has 0 amide bonds. The Kier molecular flexibility index (Phi) is 3.65. The van der Waals surface area contributed by atoms with E-state index in [1.165, 1.54) is 12.1 Å². The largest absolute Gasteiger partial charge is 0.481 e. The van der Waals surface area contributed by atoms with Crippen LogP contribution in [0.5, 0.6) is 0 Å². The standard InChI is InChI=1S/C14H18N2O4/c1-10(2)14(13(17)18)7-8-15(9-14)11-3-5-12(6-4-11)16(19)20/h3-6,10H,7-9H2,1-2H3,(H,17,18). The molecule has 108 valence electrons. The van der Waals surface area contributed by atoms with Gasteiger partial charge in [-0.05, 0) is 24.5 Å². The molecule has 0 saturated carbocycles. The average Bonchev–Trinajstić information content (AvgIpc) is 2.85. The molecule has 1 aliphatic heterocycles. The fourth-order valence-corrected chi connectivity index (χ4v) is 2.73. The Morgan fingerprint density at radius 3 is 2.40 bits per heavy atom. The molecule has 1 atom stereocenters. The number of hydrogen-bond donors (Lipinski definition) is 1. The number of benzene rings is 1. The third kappa shape index (κ3) is 2.33. The topological polar surface area (TPSA) is 83.7 Å². The van der Waals surface area contributed by atoms with Gasteiger partial charge in [0.15, 0.2) is 0 Å². The fraction of sp³-hybridized carbons (Fsp3) is 0.500. The Morgan fingerprint density at radius 1 is 1.40 bits per heavy atom. The molecule has 0 aromatic heterocycles. The Hall–Kier alpha value is -2.11. The van der Waals surface area contributed by atoms with Crippen LogP contribution < -0.4 is 4.90 Å². The van der Waals surface area contributed by atoms with Crippen molar-refractivity contribution in [1.82, 2.24) is 0 Å². The molecule has 1 aromatic carbocycles. The van der Waals surface area contributed by atoms with Crippen molar-refractivity contribution in [2.45, 2.75) is 20.3 Å². The van der Waals surface area contributed by atoms with Crippen LogP contribution in [0.3, 0.4) is 0 Å². The number of nitro groups is 1. The number of nitro benzene ring substituents is 1. The number of carbonyl (C=O) groups is 1. The average molecular weight is 278 g/mol. The Labute approximate surface area is 117 Å². The van der Waals surface area contributed by atoms with Crippen molar-refractivity contribution >= 4 is 17.3 Å². The molecule has 0 radical (unpaired) electrons. The summed E-state index contributed by atoms with van der Waals surface area (Å²) in [7, 11) is 0. The second kappa shape index (κ2) is 5.11. The summed E-state index contributed by atoms with van der Waals surface area (Å²) in [6.07, 6.45) is 0.594. The Bertz CT molecular complexity index is 526. The van der Waals surface area contributed by atoms with Gasteiger partial charge < -0.3 is 10.0 Å². The lowest BCUT2D eigenvalue weighted by Crippen LogP contribution is -2.39. The molecule has 0 aliphatic carbocycles. The van der Waals surface area contributed by atoms with Gasteiger partial charge >= 0.3 is 5.97 Å². The second-order valence-corrected chi connectivity index (χ2v) is 5.56. The van der Waals surface area contributed by atoms with Gasteiger partial charge in [0.1, 0.15) is 0 Å². The van der Waals surface area contributed by atoms with Crippen molar-refractivity contribution in [3.8, 4) is 0 Å². The van der Waals surface area contributed by atoms with Gasteiger partial charge in [-0.1, -0.05) is 13.8 Å². The number of anilines is 1. The number of carboxylic acid groups (broad SMARTS) is 1. The predicted octanol–water partition coefficient (Wildman–Crippen LogP) is 2.53. The number of nitrogens with zero attached hydrogens (tertiary/aromatic N) is 2. The van der Waals surface area contributed by atoms with Crippen LogP contribution in [0.4, 0.5) is 11.4 Å². The second-order valence-electron chi connectivity index (χ2n) is 5.56. The normalized spacial score (nSPS) is 22.2. The van der Waals surface area contributed by atoms with Crippen LogP contribution in [0.25, 0.3) is 0 Å². The first-order chi connectivity index (χ1) is 9.36. The highest BCUT2D eigenvalue weighted by Gasteiger charge is 2.47. The molecule has 6 nitrogen and oxygen atoms in total. The summed E-state index contributed by atoms with van der Waals surface area (Å²) in [4.78, 5) is 23.7. The summed E-state index contributed by atoms with van der Waals surface area (Å²) in [5.41, 5.74) is 0.141. The van der Waals surface area contributed by atoms with Gasteiger partial charge in [-0.25, -0.2) is 0 Å². The first kappa shape index (κ1) is 14.3. The molecule has 1 unspecified atom stereocenters.